The number of ether oxygens (including phenoxy) is 3. The van der Waals surface area contributed by atoms with E-state index in [1.165, 1.54) is 186 Å². The van der Waals surface area contributed by atoms with Crippen molar-refractivity contribution in [2.45, 2.75) is 303 Å². The van der Waals surface area contributed by atoms with Crippen LogP contribution in [0.25, 0.3) is 0 Å². The lowest BCUT2D eigenvalue weighted by molar-refractivity contribution is -0.167. The number of hydrogen-bond donors (Lipinski definition) is 0. The minimum atomic E-state index is -0.775. The first-order valence-corrected chi connectivity index (χ1v) is 27.4. The molecule has 0 fully saturated rings. The van der Waals surface area contributed by atoms with Gasteiger partial charge in [0.25, 0.3) is 0 Å². The molecule has 0 aliphatic rings. The van der Waals surface area contributed by atoms with Crippen LogP contribution in [-0.4, -0.2) is 37.2 Å². The van der Waals surface area contributed by atoms with Gasteiger partial charge in [-0.05, 0) is 38.5 Å². The van der Waals surface area contributed by atoms with Crippen LogP contribution in [0.2, 0.25) is 0 Å². The van der Waals surface area contributed by atoms with Crippen molar-refractivity contribution >= 4 is 17.9 Å². The third kappa shape index (κ3) is 48.9. The molecule has 0 spiro atoms. The lowest BCUT2D eigenvalue weighted by Crippen LogP contribution is -2.30. The molecule has 6 heteroatoms. The van der Waals surface area contributed by atoms with Crippen molar-refractivity contribution in [1.29, 1.82) is 0 Å². The number of rotatable bonds is 50. The Morgan fingerprint density at radius 3 is 0.903 bits per heavy atom. The second kappa shape index (κ2) is 51.5. The van der Waals surface area contributed by atoms with Crippen molar-refractivity contribution < 1.29 is 28.6 Å². The van der Waals surface area contributed by atoms with E-state index in [4.69, 9.17) is 14.2 Å². The summed E-state index contributed by atoms with van der Waals surface area (Å²) in [7, 11) is 0. The molecule has 62 heavy (non-hydrogen) atoms. The highest BCUT2D eigenvalue weighted by atomic mass is 16.6. The molecular weight excluding hydrogens is 769 g/mol. The molecule has 364 valence electrons. The largest absolute Gasteiger partial charge is 0.462 e. The molecule has 0 N–H and O–H groups in total. The van der Waals surface area contributed by atoms with Crippen LogP contribution in [0.3, 0.4) is 0 Å². The average Bonchev–Trinajstić information content (AvgIpc) is 3.27. The van der Waals surface area contributed by atoms with Crippen molar-refractivity contribution in [2.75, 3.05) is 13.2 Å². The fourth-order valence-corrected chi connectivity index (χ4v) is 8.07. The minimum Gasteiger partial charge on any atom is -0.462 e. The Morgan fingerprint density at radius 2 is 0.581 bits per heavy atom. The molecule has 1 unspecified atom stereocenters. The normalized spacial score (nSPS) is 12.1. The fraction of sp³-hybridized carbons (Fsp3) is 0.875. The standard InChI is InChI=1S/C56H104O6/c1-4-7-10-13-16-19-22-24-26-27-28-29-30-32-34-37-40-43-46-49-55(58)61-52-53(51-60-54(57)48-45-42-39-36-33-21-18-15-12-9-6-3)62-56(59)50-47-44-41-38-35-31-25-23-20-17-14-11-8-5-2/h15,18,21,33,53H,4-14,16-17,19-20,22-32,34-52H2,1-3H3/b18-15-,33-21-. The average molecular weight is 873 g/mol. The van der Waals surface area contributed by atoms with Gasteiger partial charge in [0.2, 0.25) is 0 Å². The molecular formula is C56H104O6. The number of hydrogen-bond acceptors (Lipinski definition) is 6. The summed E-state index contributed by atoms with van der Waals surface area (Å²) in [5, 5.41) is 0. The van der Waals surface area contributed by atoms with Crippen LogP contribution >= 0.6 is 0 Å². The predicted molar refractivity (Wildman–Crippen MR) is 266 cm³/mol. The summed E-state index contributed by atoms with van der Waals surface area (Å²) in [6, 6.07) is 0. The van der Waals surface area contributed by atoms with Crippen molar-refractivity contribution in [3.63, 3.8) is 0 Å². The predicted octanol–water partition coefficient (Wildman–Crippen LogP) is 17.9. The second-order valence-corrected chi connectivity index (χ2v) is 18.5. The zero-order chi connectivity index (χ0) is 45.1. The highest BCUT2D eigenvalue weighted by Gasteiger charge is 2.19. The Balaban J connectivity index is 4.28. The van der Waals surface area contributed by atoms with Gasteiger partial charge in [-0.3, -0.25) is 14.4 Å². The fourth-order valence-electron chi connectivity index (χ4n) is 8.07. The molecule has 0 aromatic heterocycles. The molecule has 0 aromatic carbocycles. The monoisotopic (exact) mass is 873 g/mol. The van der Waals surface area contributed by atoms with E-state index in [2.05, 4.69) is 45.1 Å². The highest BCUT2D eigenvalue weighted by Crippen LogP contribution is 2.17. The Kier molecular flexibility index (Phi) is 49.8. The van der Waals surface area contributed by atoms with E-state index >= 15 is 0 Å². The summed E-state index contributed by atoms with van der Waals surface area (Å²) >= 11 is 0. The van der Waals surface area contributed by atoms with Crippen molar-refractivity contribution in [3.8, 4) is 0 Å². The lowest BCUT2D eigenvalue weighted by atomic mass is 10.0. The van der Waals surface area contributed by atoms with E-state index in [1.54, 1.807) is 0 Å². The van der Waals surface area contributed by atoms with Gasteiger partial charge in [0, 0.05) is 19.3 Å². The first-order chi connectivity index (χ1) is 30.5. The van der Waals surface area contributed by atoms with Gasteiger partial charge in [-0.2, -0.15) is 0 Å². The van der Waals surface area contributed by atoms with Crippen LogP contribution in [0.15, 0.2) is 24.3 Å². The first kappa shape index (κ1) is 59.9. The van der Waals surface area contributed by atoms with Gasteiger partial charge in [0.05, 0.1) is 0 Å². The van der Waals surface area contributed by atoms with Crippen molar-refractivity contribution in [1.82, 2.24) is 0 Å². The lowest BCUT2D eigenvalue weighted by Gasteiger charge is -2.18. The minimum absolute atomic E-state index is 0.0745. The summed E-state index contributed by atoms with van der Waals surface area (Å²) in [4.78, 5) is 38.0. The van der Waals surface area contributed by atoms with Gasteiger partial charge in [-0.25, -0.2) is 0 Å². The van der Waals surface area contributed by atoms with Crippen LogP contribution < -0.4 is 0 Å². The van der Waals surface area contributed by atoms with Crippen molar-refractivity contribution in [2.24, 2.45) is 0 Å². The number of carbonyl (C=O) groups is 3. The highest BCUT2D eigenvalue weighted by molar-refractivity contribution is 5.71. The quantitative estimate of drug-likeness (QED) is 0.0262. The van der Waals surface area contributed by atoms with E-state index in [0.717, 1.165) is 70.6 Å². The van der Waals surface area contributed by atoms with Gasteiger partial charge >= 0.3 is 17.9 Å². The second-order valence-electron chi connectivity index (χ2n) is 18.5. The molecule has 6 nitrogen and oxygen atoms in total. The van der Waals surface area contributed by atoms with E-state index in [-0.39, 0.29) is 31.1 Å². The SMILES string of the molecule is CCCC/C=C\C=C/CCCCCC(=O)OCC(COC(=O)CCCCCCCCCCCCCCCCCCCCC)OC(=O)CCCCCCCCCCCCCCCC. The number of allylic oxidation sites excluding steroid dienone is 4. The zero-order valence-electron chi connectivity index (χ0n) is 41.7. The smallest absolute Gasteiger partial charge is 0.306 e. The Hall–Kier alpha value is -2.11. The Morgan fingerprint density at radius 1 is 0.323 bits per heavy atom. The van der Waals surface area contributed by atoms with Gasteiger partial charge in [0.1, 0.15) is 13.2 Å². The zero-order valence-corrected chi connectivity index (χ0v) is 41.7. The first-order valence-electron chi connectivity index (χ1n) is 27.4. The van der Waals surface area contributed by atoms with Gasteiger partial charge in [0.15, 0.2) is 6.10 Å². The van der Waals surface area contributed by atoms with Crippen LogP contribution in [0.5, 0.6) is 0 Å². The molecule has 0 aliphatic carbocycles. The van der Waals surface area contributed by atoms with Gasteiger partial charge in [-0.15, -0.1) is 0 Å². The van der Waals surface area contributed by atoms with Gasteiger partial charge in [-0.1, -0.05) is 263 Å². The van der Waals surface area contributed by atoms with Crippen LogP contribution in [0, 0.1) is 0 Å². The third-order valence-corrected chi connectivity index (χ3v) is 12.2. The Bertz CT molecular complexity index is 1000. The maximum absolute atomic E-state index is 12.8. The van der Waals surface area contributed by atoms with Crippen LogP contribution in [0.4, 0.5) is 0 Å². The Labute approximate surface area is 385 Å². The molecule has 1 atom stereocenters. The molecule has 0 aromatic rings. The summed E-state index contributed by atoms with van der Waals surface area (Å²) < 4.78 is 16.8. The molecule has 0 rings (SSSR count). The maximum Gasteiger partial charge on any atom is 0.306 e. The summed E-state index contributed by atoms with van der Waals surface area (Å²) in [5.41, 5.74) is 0. The van der Waals surface area contributed by atoms with Crippen molar-refractivity contribution in [3.05, 3.63) is 24.3 Å². The van der Waals surface area contributed by atoms with Crippen LogP contribution in [0.1, 0.15) is 297 Å². The topological polar surface area (TPSA) is 78.9 Å². The number of esters is 3. The molecule has 0 aliphatic heterocycles. The van der Waals surface area contributed by atoms with E-state index in [0.29, 0.717) is 19.3 Å². The third-order valence-electron chi connectivity index (χ3n) is 12.2. The summed E-state index contributed by atoms with van der Waals surface area (Å²) in [6.45, 7) is 6.60. The van der Waals surface area contributed by atoms with E-state index in [9.17, 15) is 14.4 Å². The molecule has 0 saturated heterocycles. The summed E-state index contributed by atoms with van der Waals surface area (Å²) in [5.74, 6) is -0.886. The molecule has 0 amide bonds. The van der Waals surface area contributed by atoms with Crippen LogP contribution in [-0.2, 0) is 28.6 Å². The summed E-state index contributed by atoms with van der Waals surface area (Å²) in [6.07, 6.45) is 58.8. The molecule has 0 radical (unpaired) electrons. The maximum atomic E-state index is 12.8. The molecule has 0 bridgehead atoms. The number of carbonyl (C=O) groups excluding carboxylic acids is 3. The van der Waals surface area contributed by atoms with Gasteiger partial charge < -0.3 is 14.2 Å². The molecule has 0 heterocycles. The van der Waals surface area contributed by atoms with E-state index in [1.807, 2.05) is 0 Å². The molecule has 0 saturated carbocycles. The number of unbranched alkanes of at least 4 members (excludes halogenated alkanes) is 36. The van der Waals surface area contributed by atoms with E-state index < -0.39 is 6.10 Å².